The Kier molecular flexibility index (Phi) is 4.65. The van der Waals surface area contributed by atoms with Crippen LogP contribution in [0.3, 0.4) is 0 Å². The molecule has 1 N–H and O–H groups in total. The van der Waals surface area contributed by atoms with Crippen LogP contribution in [0, 0.1) is 11.3 Å². The van der Waals surface area contributed by atoms with Gasteiger partial charge in [0.25, 0.3) is 10.0 Å². The van der Waals surface area contributed by atoms with Crippen molar-refractivity contribution in [2.75, 3.05) is 7.05 Å². The summed E-state index contributed by atoms with van der Waals surface area (Å²) in [7, 11) is -2.13. The van der Waals surface area contributed by atoms with E-state index in [9.17, 15) is 13.7 Å². The summed E-state index contributed by atoms with van der Waals surface area (Å²) in [6.45, 7) is 0.523. The summed E-state index contributed by atoms with van der Waals surface area (Å²) < 4.78 is 27.6. The lowest BCUT2D eigenvalue weighted by atomic mass is 10.2. The van der Waals surface area contributed by atoms with E-state index in [1.165, 1.54) is 16.1 Å². The maximum atomic E-state index is 13.2. The van der Waals surface area contributed by atoms with E-state index in [0.717, 1.165) is 5.56 Å². The van der Waals surface area contributed by atoms with Gasteiger partial charge in [-0.3, -0.25) is 4.98 Å². The van der Waals surface area contributed by atoms with Crippen LogP contribution in [0.5, 0.6) is 0 Å². The molecule has 2 heterocycles. The van der Waals surface area contributed by atoms with E-state index in [2.05, 4.69) is 10.3 Å². The van der Waals surface area contributed by atoms with E-state index >= 15 is 0 Å². The summed E-state index contributed by atoms with van der Waals surface area (Å²) in [5, 5.41) is 12.3. The van der Waals surface area contributed by atoms with Gasteiger partial charge in [0, 0.05) is 30.7 Å². The SMILES string of the molecule is CNCc1cc(-c2cccnc2)n(S(=O)(=O)c2ccccc2C#N)c1. The van der Waals surface area contributed by atoms with E-state index in [-0.39, 0.29) is 10.5 Å². The lowest BCUT2D eigenvalue weighted by Gasteiger charge is -2.11. The highest BCUT2D eigenvalue weighted by atomic mass is 32.2. The molecule has 3 rings (SSSR count). The van der Waals surface area contributed by atoms with E-state index in [1.807, 2.05) is 6.07 Å². The van der Waals surface area contributed by atoms with Crippen molar-refractivity contribution in [1.29, 1.82) is 5.26 Å². The van der Waals surface area contributed by atoms with Crippen molar-refractivity contribution < 1.29 is 8.42 Å². The molecule has 0 radical (unpaired) electrons. The smallest absolute Gasteiger partial charge is 0.269 e. The summed E-state index contributed by atoms with van der Waals surface area (Å²) in [5.74, 6) is 0. The molecule has 2 aromatic heterocycles. The van der Waals surface area contributed by atoms with Crippen molar-refractivity contribution >= 4 is 10.0 Å². The first-order chi connectivity index (χ1) is 12.1. The van der Waals surface area contributed by atoms with E-state index in [0.29, 0.717) is 17.8 Å². The molecule has 6 nitrogen and oxygen atoms in total. The van der Waals surface area contributed by atoms with Gasteiger partial charge in [-0.1, -0.05) is 12.1 Å². The second-order valence-electron chi connectivity index (χ2n) is 5.41. The fourth-order valence-corrected chi connectivity index (χ4v) is 4.16. The Labute approximate surface area is 146 Å². The highest BCUT2D eigenvalue weighted by Gasteiger charge is 2.24. The van der Waals surface area contributed by atoms with Crippen molar-refractivity contribution in [3.05, 3.63) is 72.2 Å². The molecule has 126 valence electrons. The molecule has 25 heavy (non-hydrogen) atoms. The number of nitrogens with zero attached hydrogens (tertiary/aromatic N) is 3. The molecule has 1 aromatic carbocycles. The minimum absolute atomic E-state index is 0.0192. The number of benzene rings is 1. The molecule has 0 unspecified atom stereocenters. The van der Waals surface area contributed by atoms with Gasteiger partial charge >= 0.3 is 0 Å². The van der Waals surface area contributed by atoms with E-state index in [4.69, 9.17) is 0 Å². The van der Waals surface area contributed by atoms with Gasteiger partial charge in [-0.2, -0.15) is 5.26 Å². The summed E-state index contributed by atoms with van der Waals surface area (Å²) in [6.07, 6.45) is 4.81. The van der Waals surface area contributed by atoms with Crippen LogP contribution in [0.25, 0.3) is 11.3 Å². The number of nitriles is 1. The maximum Gasteiger partial charge on any atom is 0.269 e. The Morgan fingerprint density at radius 1 is 1.24 bits per heavy atom. The van der Waals surface area contributed by atoms with Crippen LogP contribution in [-0.2, 0) is 16.6 Å². The van der Waals surface area contributed by atoms with Crippen LogP contribution in [0.15, 0.2) is 66.0 Å². The average molecular weight is 352 g/mol. The minimum atomic E-state index is -3.92. The molecule has 0 saturated heterocycles. The number of aromatic nitrogens is 2. The standard InChI is InChI=1S/C18H16N4O2S/c1-20-11-14-9-17(16-6-4-8-21-12-16)22(13-14)25(23,24)18-7-3-2-5-15(18)10-19/h2-9,12-13,20H,11H2,1H3. The molecule has 0 aliphatic carbocycles. The summed E-state index contributed by atoms with van der Waals surface area (Å²) >= 11 is 0. The molecule has 0 aliphatic rings. The molecular formula is C18H16N4O2S. The summed E-state index contributed by atoms with van der Waals surface area (Å²) in [5.41, 5.74) is 2.12. The third-order valence-corrected chi connectivity index (χ3v) is 5.46. The number of hydrogen-bond donors (Lipinski definition) is 1. The van der Waals surface area contributed by atoms with Gasteiger partial charge in [-0.15, -0.1) is 0 Å². The molecule has 0 spiro atoms. The highest BCUT2D eigenvalue weighted by molar-refractivity contribution is 7.90. The van der Waals surface area contributed by atoms with E-state index in [1.54, 1.807) is 56.0 Å². The van der Waals surface area contributed by atoms with Gasteiger partial charge in [0.1, 0.15) is 11.0 Å². The van der Waals surface area contributed by atoms with Crippen molar-refractivity contribution in [2.45, 2.75) is 11.4 Å². The fourth-order valence-electron chi connectivity index (χ4n) is 2.61. The molecule has 0 aliphatic heterocycles. The van der Waals surface area contributed by atoms with Gasteiger partial charge in [-0.25, -0.2) is 12.4 Å². The van der Waals surface area contributed by atoms with Crippen molar-refractivity contribution in [3.8, 4) is 17.3 Å². The second kappa shape index (κ2) is 6.89. The Balaban J connectivity index is 2.24. The first kappa shape index (κ1) is 16.9. The Morgan fingerprint density at radius 2 is 2.04 bits per heavy atom. The van der Waals surface area contributed by atoms with Crippen molar-refractivity contribution in [1.82, 2.24) is 14.3 Å². The first-order valence-electron chi connectivity index (χ1n) is 7.59. The van der Waals surface area contributed by atoms with Crippen molar-refractivity contribution in [2.24, 2.45) is 0 Å². The Bertz CT molecular complexity index is 1030. The zero-order valence-electron chi connectivity index (χ0n) is 13.5. The quantitative estimate of drug-likeness (QED) is 0.762. The molecule has 0 bridgehead atoms. The van der Waals surface area contributed by atoms with Crippen LogP contribution in [0.2, 0.25) is 0 Å². The maximum absolute atomic E-state index is 13.2. The monoisotopic (exact) mass is 352 g/mol. The Hall–Kier alpha value is -2.95. The number of hydrogen-bond acceptors (Lipinski definition) is 5. The van der Waals surface area contributed by atoms with Crippen LogP contribution in [0.4, 0.5) is 0 Å². The molecule has 0 amide bonds. The topological polar surface area (TPSA) is 87.8 Å². The lowest BCUT2D eigenvalue weighted by molar-refractivity contribution is 0.587. The number of pyridine rings is 1. The van der Waals surface area contributed by atoms with Gasteiger partial charge in [0.2, 0.25) is 0 Å². The number of nitrogens with one attached hydrogen (secondary N) is 1. The summed E-state index contributed by atoms with van der Waals surface area (Å²) in [6, 6.07) is 13.5. The van der Waals surface area contributed by atoms with E-state index < -0.39 is 10.0 Å². The third kappa shape index (κ3) is 3.18. The van der Waals surface area contributed by atoms with Gasteiger partial charge in [-0.05, 0) is 42.9 Å². The highest BCUT2D eigenvalue weighted by Crippen LogP contribution is 2.27. The van der Waals surface area contributed by atoms with Gasteiger partial charge in [0.15, 0.2) is 0 Å². The molecular weight excluding hydrogens is 336 g/mol. The van der Waals surface area contributed by atoms with Crippen LogP contribution in [-0.4, -0.2) is 24.4 Å². The molecule has 3 aromatic rings. The number of rotatable bonds is 5. The molecule has 7 heteroatoms. The van der Waals surface area contributed by atoms with Gasteiger partial charge < -0.3 is 5.32 Å². The third-order valence-electron chi connectivity index (χ3n) is 3.73. The zero-order chi connectivity index (χ0) is 17.9. The lowest BCUT2D eigenvalue weighted by Crippen LogP contribution is -2.15. The van der Waals surface area contributed by atoms with Crippen LogP contribution in [0.1, 0.15) is 11.1 Å². The fraction of sp³-hybridized carbons (Fsp3) is 0.111. The average Bonchev–Trinajstić information content (AvgIpc) is 3.07. The second-order valence-corrected chi connectivity index (χ2v) is 7.20. The van der Waals surface area contributed by atoms with Crippen molar-refractivity contribution in [3.63, 3.8) is 0 Å². The molecule has 0 fully saturated rings. The zero-order valence-corrected chi connectivity index (χ0v) is 14.4. The molecule has 0 saturated carbocycles. The Morgan fingerprint density at radius 3 is 2.72 bits per heavy atom. The summed E-state index contributed by atoms with van der Waals surface area (Å²) in [4.78, 5) is 4.05. The first-order valence-corrected chi connectivity index (χ1v) is 9.03. The van der Waals surface area contributed by atoms with Gasteiger partial charge in [0.05, 0.1) is 11.3 Å². The van der Waals surface area contributed by atoms with Crippen LogP contribution < -0.4 is 5.32 Å². The normalized spacial score (nSPS) is 11.2. The predicted octanol–water partition coefficient (Wildman–Crippen LogP) is 2.38. The van der Waals surface area contributed by atoms with Crippen LogP contribution >= 0.6 is 0 Å². The molecule has 0 atom stereocenters. The minimum Gasteiger partial charge on any atom is -0.316 e. The predicted molar refractivity (Wildman–Crippen MR) is 94.2 cm³/mol. The largest absolute Gasteiger partial charge is 0.316 e.